The molecule has 10 heteroatoms. The van der Waals surface area contributed by atoms with Gasteiger partial charge in [-0.05, 0) is 111 Å². The monoisotopic (exact) mass is 591 g/mol. The number of fused-ring (bicyclic) bond motifs is 5. The van der Waals surface area contributed by atoms with Crippen molar-refractivity contribution >= 4 is 30.2 Å². The average molecular weight is 592 g/mol. The first-order valence-corrected chi connectivity index (χ1v) is 15.9. The topological polar surface area (TPSA) is 170 Å². The second-order valence-electron chi connectivity index (χ2n) is 14.1. The maximum absolute atomic E-state index is 13.1. The van der Waals surface area contributed by atoms with E-state index < -0.39 is 42.1 Å². The molecule has 0 heterocycles. The zero-order chi connectivity index (χ0) is 30.7. The standard InChI is InChI=1S/C32H49NO9/c1-31-13-11-25-23(24(31)9-7-20(31)4-3-5-28(36)37)8-6-21-16-22(10-12-32(21,25)2)42-30(40)19(15-29(38)39)14-27(35)26(33)17-41-18-34/h18-26H,3-17,33H2,1-2H3,(H,36,37)(H,38,39)/t19-,20?,21+,22-,23-,24-,25-,26-,31+,32-/m0/s1. The van der Waals surface area contributed by atoms with E-state index in [4.69, 9.17) is 15.6 Å². The lowest BCUT2D eigenvalue weighted by Crippen LogP contribution is -2.54. The van der Waals surface area contributed by atoms with Crippen molar-refractivity contribution in [3.05, 3.63) is 0 Å². The molecule has 0 aromatic rings. The Labute approximate surface area is 248 Å². The molecule has 236 valence electrons. The number of rotatable bonds is 14. The molecule has 0 saturated heterocycles. The number of Topliss-reactive ketones (excluding diaryl/α,β-unsaturated/α-hetero) is 1. The van der Waals surface area contributed by atoms with Gasteiger partial charge in [-0.1, -0.05) is 13.8 Å². The Morgan fingerprint density at radius 2 is 1.64 bits per heavy atom. The first-order chi connectivity index (χ1) is 19.9. The van der Waals surface area contributed by atoms with Crippen LogP contribution in [0.1, 0.15) is 104 Å². The fourth-order valence-electron chi connectivity index (χ4n) is 9.75. The van der Waals surface area contributed by atoms with E-state index in [2.05, 4.69) is 18.6 Å². The Morgan fingerprint density at radius 1 is 0.929 bits per heavy atom. The van der Waals surface area contributed by atoms with E-state index in [1.807, 2.05) is 0 Å². The van der Waals surface area contributed by atoms with E-state index >= 15 is 0 Å². The number of hydrogen-bond acceptors (Lipinski definition) is 8. The minimum atomic E-state index is -1.20. The van der Waals surface area contributed by atoms with Gasteiger partial charge in [-0.15, -0.1) is 0 Å². The van der Waals surface area contributed by atoms with Gasteiger partial charge in [0.25, 0.3) is 6.47 Å². The predicted octanol–water partition coefficient (Wildman–Crippen LogP) is 4.36. The van der Waals surface area contributed by atoms with Crippen molar-refractivity contribution in [2.75, 3.05) is 6.61 Å². The largest absolute Gasteiger partial charge is 0.481 e. The molecule has 0 aromatic carbocycles. The zero-order valence-electron chi connectivity index (χ0n) is 25.1. The molecule has 0 amide bonds. The molecule has 10 nitrogen and oxygen atoms in total. The van der Waals surface area contributed by atoms with Gasteiger partial charge in [-0.3, -0.25) is 24.0 Å². The number of aliphatic carboxylic acids is 2. The summed E-state index contributed by atoms with van der Waals surface area (Å²) in [6.07, 6.45) is 10.4. The smallest absolute Gasteiger partial charge is 0.310 e. The summed E-state index contributed by atoms with van der Waals surface area (Å²) in [7, 11) is 0. The second-order valence-corrected chi connectivity index (χ2v) is 14.1. The molecule has 4 saturated carbocycles. The van der Waals surface area contributed by atoms with Gasteiger partial charge in [-0.25, -0.2) is 0 Å². The van der Waals surface area contributed by atoms with Crippen LogP contribution in [-0.2, 0) is 33.4 Å². The van der Waals surface area contributed by atoms with Crippen molar-refractivity contribution in [2.24, 2.45) is 52.1 Å². The molecular formula is C32H49NO9. The molecule has 0 radical (unpaired) electrons. The highest BCUT2D eigenvalue weighted by Crippen LogP contribution is 2.68. The molecule has 4 aliphatic carbocycles. The Hall–Kier alpha value is -2.49. The van der Waals surface area contributed by atoms with Crippen LogP contribution in [0.15, 0.2) is 0 Å². The van der Waals surface area contributed by atoms with E-state index in [0.29, 0.717) is 35.0 Å². The fraction of sp³-hybridized carbons (Fsp3) is 0.844. The molecule has 0 spiro atoms. The van der Waals surface area contributed by atoms with Gasteiger partial charge in [0.2, 0.25) is 0 Å². The van der Waals surface area contributed by atoms with E-state index in [1.54, 1.807) is 0 Å². The summed E-state index contributed by atoms with van der Waals surface area (Å²) in [6.45, 7) is 4.76. The van der Waals surface area contributed by atoms with Gasteiger partial charge in [0.15, 0.2) is 5.78 Å². The summed E-state index contributed by atoms with van der Waals surface area (Å²) >= 11 is 0. The maximum Gasteiger partial charge on any atom is 0.310 e. The molecule has 42 heavy (non-hydrogen) atoms. The van der Waals surface area contributed by atoms with Crippen LogP contribution in [0.3, 0.4) is 0 Å². The van der Waals surface area contributed by atoms with Crippen molar-refractivity contribution < 1.29 is 43.7 Å². The first kappa shape index (κ1) is 32.4. The number of ether oxygens (including phenoxy) is 2. The summed E-state index contributed by atoms with van der Waals surface area (Å²) in [6, 6.07) is -1.12. The van der Waals surface area contributed by atoms with Crippen molar-refractivity contribution in [1.82, 2.24) is 0 Å². The quantitative estimate of drug-likeness (QED) is 0.195. The molecule has 4 N–H and O–H groups in total. The fourth-order valence-corrected chi connectivity index (χ4v) is 9.75. The van der Waals surface area contributed by atoms with Gasteiger partial charge in [0.05, 0.1) is 18.4 Å². The van der Waals surface area contributed by atoms with Crippen LogP contribution < -0.4 is 5.73 Å². The summed E-state index contributed by atoms with van der Waals surface area (Å²) in [5.41, 5.74) is 6.21. The van der Waals surface area contributed by atoms with E-state index in [-0.39, 0.29) is 37.4 Å². The third kappa shape index (κ3) is 6.84. The number of carbonyl (C=O) groups is 5. The third-order valence-corrected chi connectivity index (χ3v) is 12.0. The Morgan fingerprint density at radius 3 is 2.33 bits per heavy atom. The minimum Gasteiger partial charge on any atom is -0.481 e. The number of carbonyl (C=O) groups excluding carboxylic acids is 3. The predicted molar refractivity (Wildman–Crippen MR) is 152 cm³/mol. The summed E-state index contributed by atoms with van der Waals surface area (Å²) in [4.78, 5) is 58.5. The molecule has 1 unspecified atom stereocenters. The average Bonchev–Trinajstić information content (AvgIpc) is 3.27. The number of hydrogen-bond donors (Lipinski definition) is 3. The van der Waals surface area contributed by atoms with Crippen LogP contribution in [0, 0.1) is 46.3 Å². The highest BCUT2D eigenvalue weighted by molar-refractivity contribution is 5.89. The number of nitrogens with two attached hydrogens (primary N) is 1. The number of esters is 1. The molecular weight excluding hydrogens is 542 g/mol. The Bertz CT molecular complexity index is 1030. The zero-order valence-corrected chi connectivity index (χ0v) is 25.1. The van der Waals surface area contributed by atoms with Gasteiger partial charge in [0.1, 0.15) is 12.7 Å². The Kier molecular flexibility index (Phi) is 10.4. The molecule has 0 aromatic heterocycles. The number of ketones is 1. The van der Waals surface area contributed by atoms with Gasteiger partial charge in [-0.2, -0.15) is 0 Å². The van der Waals surface area contributed by atoms with Gasteiger partial charge in [0, 0.05) is 12.8 Å². The number of carboxylic acid groups (broad SMARTS) is 2. The highest BCUT2D eigenvalue weighted by atomic mass is 16.5. The van der Waals surface area contributed by atoms with Crippen LogP contribution in [0.5, 0.6) is 0 Å². The van der Waals surface area contributed by atoms with E-state index in [0.717, 1.165) is 38.5 Å². The van der Waals surface area contributed by atoms with Crippen molar-refractivity contribution in [1.29, 1.82) is 0 Å². The lowest BCUT2D eigenvalue weighted by Gasteiger charge is -2.61. The van der Waals surface area contributed by atoms with Crippen molar-refractivity contribution in [3.63, 3.8) is 0 Å². The molecule has 4 fully saturated rings. The Balaban J connectivity index is 1.35. The van der Waals surface area contributed by atoms with Crippen molar-refractivity contribution in [2.45, 2.75) is 116 Å². The highest BCUT2D eigenvalue weighted by Gasteiger charge is 2.60. The lowest BCUT2D eigenvalue weighted by atomic mass is 9.44. The minimum absolute atomic E-state index is 0.177. The second kappa shape index (κ2) is 13.4. The van der Waals surface area contributed by atoms with Crippen LogP contribution in [0.2, 0.25) is 0 Å². The van der Waals surface area contributed by atoms with Crippen LogP contribution in [0.25, 0.3) is 0 Å². The van der Waals surface area contributed by atoms with E-state index in [1.165, 1.54) is 32.1 Å². The summed E-state index contributed by atoms with van der Waals surface area (Å²) in [5.74, 6) is -1.21. The summed E-state index contributed by atoms with van der Waals surface area (Å²) in [5, 5.41) is 18.5. The van der Waals surface area contributed by atoms with Gasteiger partial charge >= 0.3 is 17.9 Å². The first-order valence-electron chi connectivity index (χ1n) is 15.9. The van der Waals surface area contributed by atoms with E-state index in [9.17, 15) is 29.1 Å². The van der Waals surface area contributed by atoms with Crippen LogP contribution in [-0.4, -0.2) is 59.1 Å². The molecule has 4 aliphatic rings. The lowest BCUT2D eigenvalue weighted by molar-refractivity contribution is -0.169. The van der Waals surface area contributed by atoms with Crippen molar-refractivity contribution in [3.8, 4) is 0 Å². The SMILES string of the molecule is C[C@]12CC[C@H](OC(=O)[C@H](CC(=O)O)CC(=O)[C@@H](N)COC=O)C[C@H]1CC[C@@H]1[C@@H]2CC[C@]2(C)C(CCCC(=O)O)CC[C@@H]12. The van der Waals surface area contributed by atoms with Crippen LogP contribution in [0.4, 0.5) is 0 Å². The number of carboxylic acids is 2. The molecule has 4 rings (SSSR count). The summed E-state index contributed by atoms with van der Waals surface area (Å²) < 4.78 is 10.4. The van der Waals surface area contributed by atoms with Gasteiger partial charge < -0.3 is 25.4 Å². The molecule has 10 atom stereocenters. The third-order valence-electron chi connectivity index (χ3n) is 12.0. The normalized spacial score (nSPS) is 36.8. The maximum atomic E-state index is 13.1. The van der Waals surface area contributed by atoms with Crippen LogP contribution >= 0.6 is 0 Å². The molecule has 0 aliphatic heterocycles. The molecule has 0 bridgehead atoms.